The molecular formula is C21H20N2O2S. The van der Waals surface area contributed by atoms with E-state index in [2.05, 4.69) is 16.5 Å². The third kappa shape index (κ3) is 4.18. The van der Waals surface area contributed by atoms with Crippen LogP contribution in [0.25, 0.3) is 0 Å². The Kier molecular flexibility index (Phi) is 5.81. The zero-order valence-corrected chi connectivity index (χ0v) is 15.1. The summed E-state index contributed by atoms with van der Waals surface area (Å²) in [4.78, 5) is 18.2. The predicted octanol–water partition coefficient (Wildman–Crippen LogP) is 4.88. The summed E-state index contributed by atoms with van der Waals surface area (Å²) in [5.74, 6) is -1.39. The molecule has 0 radical (unpaired) electrons. The minimum absolute atomic E-state index is 0.471. The van der Waals surface area contributed by atoms with E-state index in [1.165, 1.54) is 0 Å². The average molecular weight is 364 g/mol. The van der Waals surface area contributed by atoms with Gasteiger partial charge < -0.3 is 10.0 Å². The number of anilines is 2. The summed E-state index contributed by atoms with van der Waals surface area (Å²) in [7, 11) is 0. The second-order valence-electron chi connectivity index (χ2n) is 5.89. The van der Waals surface area contributed by atoms with Crippen molar-refractivity contribution >= 4 is 28.1 Å². The molecule has 0 spiro atoms. The number of aromatic nitrogens is 1. The standard InChI is InChI=1S/C21H20N2O2S/c1-2-13-23(21-22-12-14-26-21)18-10-8-17(9-11-18)19(20(24)25)15-16-6-4-3-5-7-16/h2-12,14,19H,1,13,15H2,(H,24,25). The smallest absolute Gasteiger partial charge is 0.311 e. The van der Waals surface area contributed by atoms with Crippen molar-refractivity contribution in [3.05, 3.63) is 90.0 Å². The van der Waals surface area contributed by atoms with Crippen LogP contribution in [0, 0.1) is 0 Å². The first-order valence-electron chi connectivity index (χ1n) is 8.33. The normalized spacial score (nSPS) is 11.7. The van der Waals surface area contributed by atoms with E-state index in [4.69, 9.17) is 0 Å². The molecule has 0 bridgehead atoms. The van der Waals surface area contributed by atoms with Gasteiger partial charge in [0, 0.05) is 23.8 Å². The highest BCUT2D eigenvalue weighted by Gasteiger charge is 2.21. The number of thiazole rings is 1. The van der Waals surface area contributed by atoms with E-state index >= 15 is 0 Å². The molecule has 26 heavy (non-hydrogen) atoms. The number of hydrogen-bond donors (Lipinski definition) is 1. The molecule has 0 aliphatic rings. The van der Waals surface area contributed by atoms with Crippen LogP contribution in [0.1, 0.15) is 17.0 Å². The molecule has 5 heteroatoms. The van der Waals surface area contributed by atoms with Crippen LogP contribution in [-0.2, 0) is 11.2 Å². The first kappa shape index (κ1) is 17.9. The Labute approximate surface area is 157 Å². The molecule has 0 saturated carbocycles. The van der Waals surface area contributed by atoms with Crippen molar-refractivity contribution in [2.75, 3.05) is 11.4 Å². The van der Waals surface area contributed by atoms with Gasteiger partial charge in [0.25, 0.3) is 0 Å². The van der Waals surface area contributed by atoms with Crippen molar-refractivity contribution in [2.24, 2.45) is 0 Å². The van der Waals surface area contributed by atoms with Crippen molar-refractivity contribution in [1.82, 2.24) is 4.98 Å². The van der Waals surface area contributed by atoms with Crippen molar-refractivity contribution in [3.63, 3.8) is 0 Å². The number of benzene rings is 2. The van der Waals surface area contributed by atoms with E-state index in [1.807, 2.05) is 66.1 Å². The predicted molar refractivity (Wildman–Crippen MR) is 106 cm³/mol. The van der Waals surface area contributed by atoms with Crippen LogP contribution < -0.4 is 4.90 Å². The summed E-state index contributed by atoms with van der Waals surface area (Å²) in [6, 6.07) is 17.4. The fraction of sp³-hybridized carbons (Fsp3) is 0.143. The van der Waals surface area contributed by atoms with Gasteiger partial charge >= 0.3 is 5.97 Å². The maximum atomic E-state index is 11.8. The highest BCUT2D eigenvalue weighted by atomic mass is 32.1. The highest BCUT2D eigenvalue weighted by molar-refractivity contribution is 7.13. The molecule has 2 aromatic carbocycles. The molecule has 1 aromatic heterocycles. The number of carboxylic acids is 1. The largest absolute Gasteiger partial charge is 0.481 e. The molecule has 3 aromatic rings. The number of aliphatic carboxylic acids is 1. The van der Waals surface area contributed by atoms with Gasteiger partial charge in [0.05, 0.1) is 5.92 Å². The van der Waals surface area contributed by atoms with Gasteiger partial charge in [-0.3, -0.25) is 4.79 Å². The van der Waals surface area contributed by atoms with E-state index in [0.29, 0.717) is 13.0 Å². The lowest BCUT2D eigenvalue weighted by Crippen LogP contribution is -2.17. The Balaban J connectivity index is 1.84. The first-order valence-corrected chi connectivity index (χ1v) is 9.21. The van der Waals surface area contributed by atoms with E-state index in [0.717, 1.165) is 21.9 Å². The molecule has 1 heterocycles. The second-order valence-corrected chi connectivity index (χ2v) is 6.76. The molecule has 1 atom stereocenters. The topological polar surface area (TPSA) is 53.4 Å². The van der Waals surface area contributed by atoms with Crippen LogP contribution in [-0.4, -0.2) is 22.6 Å². The second kappa shape index (κ2) is 8.45. The summed E-state index contributed by atoms with van der Waals surface area (Å²) in [5.41, 5.74) is 2.77. The minimum Gasteiger partial charge on any atom is -0.481 e. The van der Waals surface area contributed by atoms with E-state index in [9.17, 15) is 9.90 Å². The van der Waals surface area contributed by atoms with Crippen molar-refractivity contribution in [2.45, 2.75) is 12.3 Å². The molecule has 132 valence electrons. The van der Waals surface area contributed by atoms with Gasteiger partial charge in [0.1, 0.15) is 0 Å². The fourth-order valence-electron chi connectivity index (χ4n) is 2.86. The van der Waals surface area contributed by atoms with Crippen LogP contribution in [0.15, 0.2) is 78.8 Å². The van der Waals surface area contributed by atoms with Crippen LogP contribution >= 0.6 is 11.3 Å². The Hall–Kier alpha value is -2.92. The Morgan fingerprint density at radius 1 is 1.19 bits per heavy atom. The monoisotopic (exact) mass is 364 g/mol. The quantitative estimate of drug-likeness (QED) is 0.579. The molecule has 0 aliphatic carbocycles. The number of nitrogens with zero attached hydrogens (tertiary/aromatic N) is 2. The van der Waals surface area contributed by atoms with E-state index in [-0.39, 0.29) is 0 Å². The van der Waals surface area contributed by atoms with Crippen LogP contribution in [0.3, 0.4) is 0 Å². The van der Waals surface area contributed by atoms with Crippen molar-refractivity contribution in [1.29, 1.82) is 0 Å². The maximum Gasteiger partial charge on any atom is 0.311 e. The Morgan fingerprint density at radius 2 is 1.92 bits per heavy atom. The molecule has 1 unspecified atom stereocenters. The lowest BCUT2D eigenvalue weighted by atomic mass is 9.92. The van der Waals surface area contributed by atoms with E-state index < -0.39 is 11.9 Å². The molecule has 1 N–H and O–H groups in total. The van der Waals surface area contributed by atoms with Crippen molar-refractivity contribution < 1.29 is 9.90 Å². The van der Waals surface area contributed by atoms with Gasteiger partial charge in [0.15, 0.2) is 5.13 Å². The molecule has 0 amide bonds. The Bertz CT molecular complexity index is 845. The molecule has 4 nitrogen and oxygen atoms in total. The summed E-state index contributed by atoms with van der Waals surface area (Å²) >= 11 is 1.56. The summed E-state index contributed by atoms with van der Waals surface area (Å²) < 4.78 is 0. The number of rotatable bonds is 8. The van der Waals surface area contributed by atoms with Gasteiger partial charge in [-0.05, 0) is 29.7 Å². The SMILES string of the molecule is C=CCN(c1ccc(C(Cc2ccccc2)C(=O)O)cc1)c1nccs1. The number of carbonyl (C=O) groups is 1. The summed E-state index contributed by atoms with van der Waals surface area (Å²) in [6.45, 7) is 4.45. The third-order valence-corrected chi connectivity index (χ3v) is 4.94. The zero-order chi connectivity index (χ0) is 18.4. The number of hydrogen-bond acceptors (Lipinski definition) is 4. The van der Waals surface area contributed by atoms with Crippen LogP contribution in [0.2, 0.25) is 0 Å². The minimum atomic E-state index is -0.815. The molecule has 0 saturated heterocycles. The fourth-order valence-corrected chi connectivity index (χ4v) is 3.53. The van der Waals surface area contributed by atoms with Gasteiger partial charge in [-0.15, -0.1) is 17.9 Å². The van der Waals surface area contributed by atoms with Gasteiger partial charge in [-0.1, -0.05) is 48.5 Å². The number of carboxylic acid groups (broad SMARTS) is 1. The molecule has 0 fully saturated rings. The molecule has 3 rings (SSSR count). The van der Waals surface area contributed by atoms with Gasteiger partial charge in [-0.2, -0.15) is 0 Å². The average Bonchev–Trinajstić information content (AvgIpc) is 3.19. The maximum absolute atomic E-state index is 11.8. The lowest BCUT2D eigenvalue weighted by molar-refractivity contribution is -0.138. The van der Waals surface area contributed by atoms with Crippen LogP contribution in [0.4, 0.5) is 10.8 Å². The molecule has 0 aliphatic heterocycles. The molecular weight excluding hydrogens is 344 g/mol. The van der Waals surface area contributed by atoms with E-state index in [1.54, 1.807) is 17.5 Å². The Morgan fingerprint density at radius 3 is 2.50 bits per heavy atom. The van der Waals surface area contributed by atoms with Gasteiger partial charge in [0.2, 0.25) is 0 Å². The lowest BCUT2D eigenvalue weighted by Gasteiger charge is -2.21. The van der Waals surface area contributed by atoms with Gasteiger partial charge in [-0.25, -0.2) is 4.98 Å². The van der Waals surface area contributed by atoms with Crippen LogP contribution in [0.5, 0.6) is 0 Å². The summed E-state index contributed by atoms with van der Waals surface area (Å²) in [6.07, 6.45) is 4.06. The zero-order valence-electron chi connectivity index (χ0n) is 14.3. The first-order chi connectivity index (χ1) is 12.7. The van der Waals surface area contributed by atoms with Crippen molar-refractivity contribution in [3.8, 4) is 0 Å². The third-order valence-electron chi connectivity index (χ3n) is 4.15. The highest BCUT2D eigenvalue weighted by Crippen LogP contribution is 2.29. The summed E-state index contributed by atoms with van der Waals surface area (Å²) in [5, 5.41) is 12.5.